The van der Waals surface area contributed by atoms with Crippen molar-refractivity contribution in [1.82, 2.24) is 10.1 Å². The molecule has 0 saturated heterocycles. The Bertz CT molecular complexity index is 509. The van der Waals surface area contributed by atoms with E-state index < -0.39 is 0 Å². The predicted octanol–water partition coefficient (Wildman–Crippen LogP) is 2.95. The summed E-state index contributed by atoms with van der Waals surface area (Å²) in [6.07, 6.45) is 5.59. The molecule has 5 heteroatoms. The fraction of sp³-hybridized carbons (Fsp3) is 0.571. The summed E-state index contributed by atoms with van der Waals surface area (Å²) in [5, 5.41) is 6.19. The summed E-state index contributed by atoms with van der Waals surface area (Å²) in [5.74, 6) is 2.45. The van der Waals surface area contributed by atoms with Crippen molar-refractivity contribution in [3.8, 4) is 0 Å². The second-order valence-corrected chi connectivity index (χ2v) is 6.22. The van der Waals surface area contributed by atoms with Crippen LogP contribution in [0.4, 0.5) is 0 Å². The lowest BCUT2D eigenvalue weighted by Gasteiger charge is -2.27. The predicted molar refractivity (Wildman–Crippen MR) is 75.2 cm³/mol. The first kappa shape index (κ1) is 12.8. The van der Waals surface area contributed by atoms with Crippen LogP contribution in [0.15, 0.2) is 22.0 Å². The summed E-state index contributed by atoms with van der Waals surface area (Å²) >= 11 is 1.73. The molecule has 1 fully saturated rings. The zero-order valence-corrected chi connectivity index (χ0v) is 11.7. The van der Waals surface area contributed by atoms with Gasteiger partial charge in [-0.2, -0.15) is 4.98 Å². The van der Waals surface area contributed by atoms with Crippen LogP contribution in [0.1, 0.15) is 48.2 Å². The molecule has 0 bridgehead atoms. The van der Waals surface area contributed by atoms with Gasteiger partial charge in [-0.25, -0.2) is 0 Å². The lowest BCUT2D eigenvalue weighted by atomic mass is 9.79. The van der Waals surface area contributed by atoms with Crippen LogP contribution in [-0.2, 0) is 6.42 Å². The first-order valence-corrected chi connectivity index (χ1v) is 7.79. The lowest BCUT2D eigenvalue weighted by molar-refractivity contribution is 0.249. The van der Waals surface area contributed by atoms with E-state index in [1.54, 1.807) is 11.3 Å². The monoisotopic (exact) mass is 277 g/mol. The smallest absolute Gasteiger partial charge is 0.230 e. The maximum absolute atomic E-state index is 5.86. The summed E-state index contributed by atoms with van der Waals surface area (Å²) in [6, 6.07) is 4.15. The second kappa shape index (κ2) is 5.84. The fourth-order valence-corrected chi connectivity index (χ4v) is 3.58. The van der Waals surface area contributed by atoms with Crippen LogP contribution in [0.5, 0.6) is 0 Å². The van der Waals surface area contributed by atoms with Crippen molar-refractivity contribution in [2.75, 3.05) is 6.54 Å². The van der Waals surface area contributed by atoms with Gasteiger partial charge in [-0.1, -0.05) is 24.1 Å². The van der Waals surface area contributed by atoms with E-state index in [2.05, 4.69) is 21.6 Å². The third-order valence-electron chi connectivity index (χ3n) is 3.93. The van der Waals surface area contributed by atoms with Gasteiger partial charge in [-0.05, 0) is 36.8 Å². The molecule has 0 radical (unpaired) electrons. The van der Waals surface area contributed by atoms with Gasteiger partial charge in [-0.3, -0.25) is 0 Å². The molecule has 0 aliphatic heterocycles. The minimum Gasteiger partial charge on any atom is -0.339 e. The molecule has 2 aromatic heterocycles. The molecule has 4 nitrogen and oxygen atoms in total. The van der Waals surface area contributed by atoms with E-state index in [0.717, 1.165) is 24.6 Å². The normalized spacial score (nSPS) is 23.6. The van der Waals surface area contributed by atoms with Gasteiger partial charge in [0.25, 0.3) is 0 Å². The van der Waals surface area contributed by atoms with E-state index in [1.807, 2.05) is 6.07 Å². The zero-order valence-electron chi connectivity index (χ0n) is 10.9. The molecular formula is C14H19N3OS. The van der Waals surface area contributed by atoms with Gasteiger partial charge < -0.3 is 10.3 Å². The van der Waals surface area contributed by atoms with E-state index >= 15 is 0 Å². The number of thiophene rings is 1. The van der Waals surface area contributed by atoms with Gasteiger partial charge in [0.2, 0.25) is 5.89 Å². The van der Waals surface area contributed by atoms with Crippen molar-refractivity contribution < 1.29 is 4.52 Å². The molecule has 2 atom stereocenters. The highest BCUT2D eigenvalue weighted by molar-refractivity contribution is 7.09. The molecule has 0 spiro atoms. The van der Waals surface area contributed by atoms with Gasteiger partial charge in [0, 0.05) is 17.2 Å². The molecule has 1 aliphatic carbocycles. The van der Waals surface area contributed by atoms with Gasteiger partial charge in [0.15, 0.2) is 5.82 Å². The summed E-state index contributed by atoms with van der Waals surface area (Å²) in [6.45, 7) is 0.716. The Labute approximate surface area is 117 Å². The zero-order chi connectivity index (χ0) is 13.1. The van der Waals surface area contributed by atoms with Gasteiger partial charge >= 0.3 is 0 Å². The molecule has 0 amide bonds. The highest BCUT2D eigenvalue weighted by atomic mass is 32.1. The Morgan fingerprint density at radius 2 is 2.26 bits per heavy atom. The number of aromatic nitrogens is 2. The van der Waals surface area contributed by atoms with Crippen molar-refractivity contribution in [1.29, 1.82) is 0 Å². The quantitative estimate of drug-likeness (QED) is 0.933. The Balaban J connectivity index is 1.73. The number of nitrogens with zero attached hydrogens (tertiary/aromatic N) is 2. The lowest BCUT2D eigenvalue weighted by Crippen LogP contribution is -2.25. The van der Waals surface area contributed by atoms with Crippen molar-refractivity contribution in [2.24, 2.45) is 11.7 Å². The maximum Gasteiger partial charge on any atom is 0.230 e. The Morgan fingerprint density at radius 3 is 3.05 bits per heavy atom. The van der Waals surface area contributed by atoms with Crippen LogP contribution in [0.25, 0.3) is 0 Å². The molecule has 1 aliphatic rings. The van der Waals surface area contributed by atoms with E-state index in [9.17, 15) is 0 Å². The standard InChI is InChI=1S/C14H19N3OS/c15-9-10-4-1-2-6-12(10)14-16-13(17-18-14)8-11-5-3-7-19-11/h3,5,7,10,12H,1-2,4,6,8-9,15H2. The molecule has 0 aromatic carbocycles. The molecule has 2 N–H and O–H groups in total. The Kier molecular flexibility index (Phi) is 3.94. The number of hydrogen-bond donors (Lipinski definition) is 1. The molecular weight excluding hydrogens is 258 g/mol. The van der Waals surface area contributed by atoms with E-state index in [1.165, 1.54) is 24.1 Å². The minimum absolute atomic E-state index is 0.364. The average molecular weight is 277 g/mol. The first-order chi connectivity index (χ1) is 9.36. The molecule has 1 saturated carbocycles. The maximum atomic E-state index is 5.86. The van der Waals surface area contributed by atoms with E-state index in [-0.39, 0.29) is 0 Å². The van der Waals surface area contributed by atoms with Crippen LogP contribution >= 0.6 is 11.3 Å². The largest absolute Gasteiger partial charge is 0.339 e. The van der Waals surface area contributed by atoms with Crippen LogP contribution in [0, 0.1) is 5.92 Å². The molecule has 102 valence electrons. The van der Waals surface area contributed by atoms with Crippen molar-refractivity contribution in [3.05, 3.63) is 34.1 Å². The summed E-state index contributed by atoms with van der Waals surface area (Å²) in [7, 11) is 0. The Morgan fingerprint density at radius 1 is 1.37 bits per heavy atom. The van der Waals surface area contributed by atoms with Crippen LogP contribution in [0.3, 0.4) is 0 Å². The second-order valence-electron chi connectivity index (χ2n) is 5.19. The average Bonchev–Trinajstić information content (AvgIpc) is 3.11. The topological polar surface area (TPSA) is 64.9 Å². The molecule has 3 rings (SSSR count). The Hall–Kier alpha value is -1.20. The van der Waals surface area contributed by atoms with Gasteiger partial charge in [-0.15, -0.1) is 11.3 Å². The van der Waals surface area contributed by atoms with E-state index in [4.69, 9.17) is 10.3 Å². The number of hydrogen-bond acceptors (Lipinski definition) is 5. The summed E-state index contributed by atoms with van der Waals surface area (Å²) < 4.78 is 5.47. The van der Waals surface area contributed by atoms with Crippen LogP contribution < -0.4 is 5.73 Å². The van der Waals surface area contributed by atoms with Crippen LogP contribution in [0.2, 0.25) is 0 Å². The SMILES string of the molecule is NCC1CCCCC1c1nc(Cc2cccs2)no1. The number of rotatable bonds is 4. The van der Waals surface area contributed by atoms with E-state index in [0.29, 0.717) is 18.4 Å². The van der Waals surface area contributed by atoms with Crippen molar-refractivity contribution in [2.45, 2.75) is 38.0 Å². The van der Waals surface area contributed by atoms with Gasteiger partial charge in [0.1, 0.15) is 0 Å². The number of nitrogens with two attached hydrogens (primary N) is 1. The fourth-order valence-electron chi connectivity index (χ4n) is 2.87. The molecule has 2 aromatic rings. The third-order valence-corrected chi connectivity index (χ3v) is 4.80. The van der Waals surface area contributed by atoms with Crippen molar-refractivity contribution in [3.63, 3.8) is 0 Å². The first-order valence-electron chi connectivity index (χ1n) is 6.91. The highest BCUT2D eigenvalue weighted by Crippen LogP contribution is 2.36. The summed E-state index contributed by atoms with van der Waals surface area (Å²) in [4.78, 5) is 5.85. The minimum atomic E-state index is 0.364. The summed E-state index contributed by atoms with van der Waals surface area (Å²) in [5.41, 5.74) is 5.86. The van der Waals surface area contributed by atoms with Crippen LogP contribution in [-0.4, -0.2) is 16.7 Å². The molecule has 2 heterocycles. The van der Waals surface area contributed by atoms with Crippen molar-refractivity contribution >= 4 is 11.3 Å². The molecule has 2 unspecified atom stereocenters. The van der Waals surface area contributed by atoms with Gasteiger partial charge in [0.05, 0.1) is 0 Å². The third kappa shape index (κ3) is 2.87. The highest BCUT2D eigenvalue weighted by Gasteiger charge is 2.29. The molecule has 19 heavy (non-hydrogen) atoms.